The van der Waals surface area contributed by atoms with Gasteiger partial charge in [0.15, 0.2) is 16.8 Å². The molecule has 29 heavy (non-hydrogen) atoms. The highest BCUT2D eigenvalue weighted by molar-refractivity contribution is 7.13. The number of hydrogen-bond acceptors (Lipinski definition) is 6. The molecule has 1 N–H and O–H groups in total. The van der Waals surface area contributed by atoms with Gasteiger partial charge in [-0.3, -0.25) is 9.69 Å². The number of benzene rings is 1. The number of halogens is 2. The minimum Gasteiger partial charge on any atom is -0.336 e. The minimum absolute atomic E-state index is 0.221. The van der Waals surface area contributed by atoms with Gasteiger partial charge in [-0.1, -0.05) is 12.1 Å². The number of rotatable bonds is 5. The Labute approximate surface area is 170 Å². The van der Waals surface area contributed by atoms with E-state index in [1.807, 2.05) is 23.6 Å². The highest BCUT2D eigenvalue weighted by atomic mass is 32.1. The van der Waals surface area contributed by atoms with Crippen molar-refractivity contribution < 1.29 is 13.6 Å². The van der Waals surface area contributed by atoms with Crippen molar-refractivity contribution in [2.45, 2.75) is 6.54 Å². The van der Waals surface area contributed by atoms with Gasteiger partial charge < -0.3 is 10.2 Å². The number of carbonyl (C=O) groups excluding carboxylic acids is 1. The summed E-state index contributed by atoms with van der Waals surface area (Å²) in [5.41, 5.74) is 0.684. The van der Waals surface area contributed by atoms with Crippen molar-refractivity contribution in [2.24, 2.45) is 0 Å². The van der Waals surface area contributed by atoms with Gasteiger partial charge in [0.2, 0.25) is 0 Å². The first-order valence-electron chi connectivity index (χ1n) is 9.18. The molecular weight excluding hydrogens is 396 g/mol. The summed E-state index contributed by atoms with van der Waals surface area (Å²) in [5, 5.41) is 5.85. The summed E-state index contributed by atoms with van der Waals surface area (Å²) >= 11 is 1.50. The van der Waals surface area contributed by atoms with Gasteiger partial charge in [-0.2, -0.15) is 0 Å². The molecule has 4 rings (SSSR count). The van der Waals surface area contributed by atoms with Crippen LogP contribution in [0.5, 0.6) is 0 Å². The normalized spacial score (nSPS) is 14.8. The number of nitrogens with one attached hydrogen (secondary N) is 1. The fourth-order valence-electron chi connectivity index (χ4n) is 3.21. The van der Waals surface area contributed by atoms with E-state index < -0.39 is 17.5 Å². The molecule has 3 heterocycles. The molecule has 1 fully saturated rings. The summed E-state index contributed by atoms with van der Waals surface area (Å²) in [6.45, 7) is 2.81. The zero-order chi connectivity index (χ0) is 20.2. The summed E-state index contributed by atoms with van der Waals surface area (Å²) in [7, 11) is 0. The van der Waals surface area contributed by atoms with Crippen molar-refractivity contribution in [2.75, 3.05) is 31.5 Å². The Bertz CT molecular complexity index is 990. The van der Waals surface area contributed by atoms with Gasteiger partial charge in [0.25, 0.3) is 5.91 Å². The number of anilines is 2. The van der Waals surface area contributed by atoms with E-state index in [4.69, 9.17) is 0 Å². The van der Waals surface area contributed by atoms with Crippen LogP contribution in [0.1, 0.15) is 16.1 Å². The number of thiazole rings is 1. The molecule has 2 aromatic heterocycles. The van der Waals surface area contributed by atoms with Gasteiger partial charge in [-0.25, -0.2) is 18.7 Å². The van der Waals surface area contributed by atoms with Gasteiger partial charge in [0, 0.05) is 44.3 Å². The number of aromatic nitrogens is 2. The fourth-order valence-corrected chi connectivity index (χ4v) is 3.75. The molecule has 0 unspecified atom stereocenters. The smallest absolute Gasteiger partial charge is 0.257 e. The second-order valence-corrected chi connectivity index (χ2v) is 7.54. The SMILES string of the molecule is O=C(c1cccc(F)c1F)N1CCN(Cc2cccc(Nc3nccs3)n2)CC1. The summed E-state index contributed by atoms with van der Waals surface area (Å²) in [5.74, 6) is -1.84. The van der Waals surface area contributed by atoms with Crippen molar-refractivity contribution in [3.63, 3.8) is 0 Å². The number of carbonyl (C=O) groups is 1. The Morgan fingerprint density at radius 2 is 1.90 bits per heavy atom. The van der Waals surface area contributed by atoms with Crippen molar-refractivity contribution in [3.05, 3.63) is 70.9 Å². The van der Waals surface area contributed by atoms with Crippen LogP contribution in [0, 0.1) is 11.6 Å². The Hall–Kier alpha value is -2.91. The summed E-state index contributed by atoms with van der Waals surface area (Å²) < 4.78 is 27.3. The largest absolute Gasteiger partial charge is 0.336 e. The fraction of sp³-hybridized carbons (Fsp3) is 0.250. The number of amides is 1. The first kappa shape index (κ1) is 19.4. The van der Waals surface area contributed by atoms with Gasteiger partial charge >= 0.3 is 0 Å². The van der Waals surface area contributed by atoms with Gasteiger partial charge in [0.1, 0.15) is 5.82 Å². The second-order valence-electron chi connectivity index (χ2n) is 6.65. The first-order chi connectivity index (χ1) is 14.1. The third-order valence-corrected chi connectivity index (χ3v) is 5.39. The van der Waals surface area contributed by atoms with E-state index in [0.29, 0.717) is 32.7 Å². The van der Waals surface area contributed by atoms with Crippen LogP contribution in [0.4, 0.5) is 19.7 Å². The van der Waals surface area contributed by atoms with E-state index in [0.717, 1.165) is 22.7 Å². The number of pyridine rings is 1. The third kappa shape index (κ3) is 4.57. The second kappa shape index (κ2) is 8.62. The molecule has 6 nitrogen and oxygen atoms in total. The molecule has 0 spiro atoms. The molecule has 0 atom stereocenters. The lowest BCUT2D eigenvalue weighted by Crippen LogP contribution is -2.48. The monoisotopic (exact) mass is 415 g/mol. The number of nitrogens with zero attached hydrogens (tertiary/aromatic N) is 4. The van der Waals surface area contributed by atoms with Crippen molar-refractivity contribution in [1.29, 1.82) is 0 Å². The number of piperazine rings is 1. The van der Waals surface area contributed by atoms with Crippen LogP contribution >= 0.6 is 11.3 Å². The maximum Gasteiger partial charge on any atom is 0.257 e. The lowest BCUT2D eigenvalue weighted by atomic mass is 10.1. The maximum absolute atomic E-state index is 13.9. The maximum atomic E-state index is 13.9. The topological polar surface area (TPSA) is 61.4 Å². The quantitative estimate of drug-likeness (QED) is 0.691. The molecule has 150 valence electrons. The van der Waals surface area contributed by atoms with Crippen molar-refractivity contribution in [3.8, 4) is 0 Å². The molecule has 1 aliphatic rings. The molecule has 0 radical (unpaired) electrons. The van der Waals surface area contributed by atoms with Crippen LogP contribution in [0.25, 0.3) is 0 Å². The van der Waals surface area contributed by atoms with E-state index in [-0.39, 0.29) is 5.56 Å². The van der Waals surface area contributed by atoms with Gasteiger partial charge in [-0.15, -0.1) is 11.3 Å². The highest BCUT2D eigenvalue weighted by Crippen LogP contribution is 2.18. The molecule has 3 aromatic rings. The third-order valence-electron chi connectivity index (χ3n) is 4.70. The molecule has 1 aliphatic heterocycles. The van der Waals surface area contributed by atoms with E-state index in [1.54, 1.807) is 11.1 Å². The molecule has 0 saturated carbocycles. The standard InChI is InChI=1S/C20H19F2N5OS/c21-16-5-2-4-15(18(16)22)19(28)27-10-8-26(9-11-27)13-14-3-1-6-17(24-14)25-20-23-7-12-29-20/h1-7,12H,8-11,13H2,(H,23,24,25). The average molecular weight is 415 g/mol. The lowest BCUT2D eigenvalue weighted by molar-refractivity contribution is 0.0621. The van der Waals surface area contributed by atoms with Crippen molar-refractivity contribution in [1.82, 2.24) is 19.8 Å². The zero-order valence-electron chi connectivity index (χ0n) is 15.5. The zero-order valence-corrected chi connectivity index (χ0v) is 16.3. The molecular formula is C20H19F2N5OS. The Kier molecular flexibility index (Phi) is 5.77. The molecule has 0 bridgehead atoms. The van der Waals surface area contributed by atoms with Crippen LogP contribution in [0.2, 0.25) is 0 Å². The van der Waals surface area contributed by atoms with E-state index in [1.165, 1.54) is 23.5 Å². The van der Waals surface area contributed by atoms with Crippen LogP contribution in [-0.4, -0.2) is 51.9 Å². The summed E-state index contributed by atoms with van der Waals surface area (Å²) in [6.07, 6.45) is 1.73. The lowest BCUT2D eigenvalue weighted by Gasteiger charge is -2.34. The predicted molar refractivity (Wildman–Crippen MR) is 107 cm³/mol. The van der Waals surface area contributed by atoms with Crippen LogP contribution in [0.3, 0.4) is 0 Å². The molecule has 0 aliphatic carbocycles. The summed E-state index contributed by atoms with van der Waals surface area (Å²) in [4.78, 5) is 25.0. The predicted octanol–water partition coefficient (Wildman–Crippen LogP) is 3.52. The molecule has 1 amide bonds. The molecule has 1 saturated heterocycles. The minimum atomic E-state index is -1.09. The van der Waals surface area contributed by atoms with Crippen LogP contribution in [-0.2, 0) is 6.54 Å². The summed E-state index contributed by atoms with van der Waals surface area (Å²) in [6, 6.07) is 9.44. The molecule has 9 heteroatoms. The Morgan fingerprint density at radius 1 is 1.10 bits per heavy atom. The van der Waals surface area contributed by atoms with E-state index in [9.17, 15) is 13.6 Å². The van der Waals surface area contributed by atoms with Gasteiger partial charge in [0.05, 0.1) is 11.3 Å². The van der Waals surface area contributed by atoms with E-state index >= 15 is 0 Å². The Balaban J connectivity index is 1.34. The number of hydrogen-bond donors (Lipinski definition) is 1. The van der Waals surface area contributed by atoms with Crippen LogP contribution in [0.15, 0.2) is 48.0 Å². The van der Waals surface area contributed by atoms with Crippen molar-refractivity contribution >= 4 is 28.2 Å². The first-order valence-corrected chi connectivity index (χ1v) is 10.1. The van der Waals surface area contributed by atoms with Gasteiger partial charge in [-0.05, 0) is 24.3 Å². The highest BCUT2D eigenvalue weighted by Gasteiger charge is 2.25. The van der Waals surface area contributed by atoms with Crippen LogP contribution < -0.4 is 5.32 Å². The Morgan fingerprint density at radius 3 is 2.66 bits per heavy atom. The average Bonchev–Trinajstić information content (AvgIpc) is 3.23. The molecule has 1 aromatic carbocycles. The van der Waals surface area contributed by atoms with E-state index in [2.05, 4.69) is 20.2 Å².